The first kappa shape index (κ1) is 23.5. The fourth-order valence-electron chi connectivity index (χ4n) is 2.31. The number of hydrogen-bond acceptors (Lipinski definition) is 5. The molecule has 0 amide bonds. The van der Waals surface area contributed by atoms with Gasteiger partial charge in [0.1, 0.15) is 5.75 Å². The predicted molar refractivity (Wildman–Crippen MR) is 126 cm³/mol. The fourth-order valence-corrected chi connectivity index (χ4v) is 3.07. The van der Waals surface area contributed by atoms with Crippen LogP contribution in [0.1, 0.15) is 24.6 Å². The molecule has 2 rings (SSSR count). The van der Waals surface area contributed by atoms with Crippen LogP contribution in [0.3, 0.4) is 0 Å². The van der Waals surface area contributed by atoms with E-state index in [9.17, 15) is 0 Å². The third kappa shape index (κ3) is 8.34. The number of nitrogens with one attached hydrogen (secondary N) is 2. The highest BCUT2D eigenvalue weighted by Crippen LogP contribution is 2.17. The van der Waals surface area contributed by atoms with Gasteiger partial charge in [-0.1, -0.05) is 19.1 Å². The van der Waals surface area contributed by atoms with E-state index in [4.69, 9.17) is 4.74 Å². The van der Waals surface area contributed by atoms with Gasteiger partial charge in [0.2, 0.25) is 0 Å². The number of hydrogen-bond donors (Lipinski definition) is 2. The zero-order valence-electron chi connectivity index (χ0n) is 16.5. The third-order valence-corrected chi connectivity index (χ3v) is 4.72. The summed E-state index contributed by atoms with van der Waals surface area (Å²) in [6.45, 7) is 4.32. The number of ether oxygens (including phenoxy) is 1. The number of benzene rings is 1. The molecule has 2 N–H and O–H groups in total. The lowest BCUT2D eigenvalue weighted by molar-refractivity contribution is 0.317. The molecular weight excluding hydrogens is 473 g/mol. The van der Waals surface area contributed by atoms with E-state index >= 15 is 0 Å². The lowest BCUT2D eigenvalue weighted by atomic mass is 10.1. The van der Waals surface area contributed by atoms with Gasteiger partial charge >= 0.3 is 0 Å². The van der Waals surface area contributed by atoms with Crippen LogP contribution < -0.4 is 20.3 Å². The molecule has 0 aliphatic carbocycles. The number of anilines is 1. The van der Waals surface area contributed by atoms with Crippen LogP contribution in [0.15, 0.2) is 34.6 Å². The Balaban J connectivity index is 0.00000364. The molecule has 8 heteroatoms. The van der Waals surface area contributed by atoms with Gasteiger partial charge in [0, 0.05) is 33.1 Å². The van der Waals surface area contributed by atoms with E-state index in [-0.39, 0.29) is 24.0 Å². The van der Waals surface area contributed by atoms with E-state index in [0.717, 1.165) is 48.5 Å². The largest absolute Gasteiger partial charge is 0.494 e. The van der Waals surface area contributed by atoms with Crippen LogP contribution in [0.4, 0.5) is 5.13 Å². The van der Waals surface area contributed by atoms with Crippen LogP contribution in [-0.4, -0.2) is 45.2 Å². The first-order valence-electron chi connectivity index (χ1n) is 8.90. The molecular formula is C19H30IN5OS. The first-order valence-corrected chi connectivity index (χ1v) is 9.78. The van der Waals surface area contributed by atoms with E-state index in [0.29, 0.717) is 6.54 Å². The van der Waals surface area contributed by atoms with Gasteiger partial charge in [0.05, 0.1) is 18.8 Å². The van der Waals surface area contributed by atoms with Crippen molar-refractivity contribution >= 4 is 46.4 Å². The van der Waals surface area contributed by atoms with E-state index < -0.39 is 0 Å². The highest BCUT2D eigenvalue weighted by molar-refractivity contribution is 14.0. The average molecular weight is 503 g/mol. The van der Waals surface area contributed by atoms with Crippen LogP contribution in [0.2, 0.25) is 0 Å². The zero-order valence-corrected chi connectivity index (χ0v) is 19.6. The molecule has 0 saturated carbocycles. The maximum atomic E-state index is 5.68. The standard InChI is InChI=1S/C19H29N5OS.HI/c1-5-11-25-17-8-6-7-15(12-17)9-10-21-18(20-2)22-13-16-14-26-19(23-16)24(3)4;/h6-8,12,14H,5,9-11,13H2,1-4H3,(H2,20,21,22);1H. The van der Waals surface area contributed by atoms with Crippen molar-refractivity contribution in [1.29, 1.82) is 0 Å². The van der Waals surface area contributed by atoms with Crippen LogP contribution in [0.25, 0.3) is 0 Å². The molecule has 27 heavy (non-hydrogen) atoms. The zero-order chi connectivity index (χ0) is 18.8. The van der Waals surface area contributed by atoms with Gasteiger partial charge in [0.25, 0.3) is 0 Å². The van der Waals surface area contributed by atoms with Crippen LogP contribution in [0.5, 0.6) is 5.75 Å². The molecule has 0 spiro atoms. The van der Waals surface area contributed by atoms with Crippen molar-refractivity contribution in [3.8, 4) is 5.75 Å². The van der Waals surface area contributed by atoms with Crippen molar-refractivity contribution in [3.05, 3.63) is 40.9 Å². The van der Waals surface area contributed by atoms with Gasteiger partial charge in [-0.05, 0) is 30.5 Å². The van der Waals surface area contributed by atoms with Gasteiger partial charge in [-0.2, -0.15) is 0 Å². The summed E-state index contributed by atoms with van der Waals surface area (Å²) in [7, 11) is 5.78. The summed E-state index contributed by atoms with van der Waals surface area (Å²) in [5, 5.41) is 9.72. The fraction of sp³-hybridized carbons (Fsp3) is 0.474. The highest BCUT2D eigenvalue weighted by atomic mass is 127. The highest BCUT2D eigenvalue weighted by Gasteiger charge is 2.05. The Morgan fingerprint density at radius 3 is 2.78 bits per heavy atom. The Kier molecular flexibility index (Phi) is 11.1. The molecule has 6 nitrogen and oxygen atoms in total. The number of rotatable bonds is 9. The summed E-state index contributed by atoms with van der Waals surface area (Å²) in [5.41, 5.74) is 2.26. The molecule has 0 aliphatic heterocycles. The quantitative estimate of drug-likeness (QED) is 0.312. The topological polar surface area (TPSA) is 61.8 Å². The number of aromatic nitrogens is 1. The van der Waals surface area contributed by atoms with Crippen molar-refractivity contribution < 1.29 is 4.74 Å². The summed E-state index contributed by atoms with van der Waals surface area (Å²) in [6.07, 6.45) is 1.92. The third-order valence-electron chi connectivity index (χ3n) is 3.66. The smallest absolute Gasteiger partial charge is 0.191 e. The van der Waals surface area contributed by atoms with Gasteiger partial charge < -0.3 is 20.3 Å². The SMILES string of the molecule is CCCOc1cccc(CCNC(=NC)NCc2csc(N(C)C)n2)c1.I. The lowest BCUT2D eigenvalue weighted by Gasteiger charge is -2.12. The Bertz CT molecular complexity index is 705. The number of guanidine groups is 1. The van der Waals surface area contributed by atoms with Crippen molar-refractivity contribution in [3.63, 3.8) is 0 Å². The minimum Gasteiger partial charge on any atom is -0.494 e. The monoisotopic (exact) mass is 503 g/mol. The minimum atomic E-state index is 0. The Labute approximate surface area is 183 Å². The molecule has 150 valence electrons. The first-order chi connectivity index (χ1) is 12.6. The van der Waals surface area contributed by atoms with Crippen LogP contribution in [0, 0.1) is 0 Å². The number of nitrogens with zero attached hydrogens (tertiary/aromatic N) is 3. The normalized spacial score (nSPS) is 10.9. The molecule has 1 aromatic heterocycles. The van der Waals surface area contributed by atoms with E-state index in [1.54, 1.807) is 18.4 Å². The summed E-state index contributed by atoms with van der Waals surface area (Å²) in [5.74, 6) is 1.72. The number of thiazole rings is 1. The maximum Gasteiger partial charge on any atom is 0.191 e. The second kappa shape index (κ2) is 12.8. The van der Waals surface area contributed by atoms with Gasteiger partial charge in [-0.15, -0.1) is 35.3 Å². The molecule has 0 fully saturated rings. The van der Waals surface area contributed by atoms with Crippen molar-refractivity contribution in [2.24, 2.45) is 4.99 Å². The Hall–Kier alpha value is -1.55. The van der Waals surface area contributed by atoms with Crippen molar-refractivity contribution in [2.75, 3.05) is 39.2 Å². The molecule has 0 aliphatic rings. The van der Waals surface area contributed by atoms with Crippen LogP contribution in [-0.2, 0) is 13.0 Å². The second-order valence-corrected chi connectivity index (χ2v) is 6.95. The molecule has 0 radical (unpaired) electrons. The molecule has 0 saturated heterocycles. The van der Waals surface area contributed by atoms with Crippen LogP contribution >= 0.6 is 35.3 Å². The summed E-state index contributed by atoms with van der Waals surface area (Å²) in [4.78, 5) is 10.8. The Morgan fingerprint density at radius 2 is 2.11 bits per heavy atom. The van der Waals surface area contributed by atoms with E-state index in [2.05, 4.69) is 45.0 Å². The van der Waals surface area contributed by atoms with Crippen molar-refractivity contribution in [1.82, 2.24) is 15.6 Å². The Morgan fingerprint density at radius 1 is 1.30 bits per heavy atom. The number of aliphatic imine (C=N–C) groups is 1. The lowest BCUT2D eigenvalue weighted by Crippen LogP contribution is -2.37. The average Bonchev–Trinajstić information content (AvgIpc) is 3.12. The maximum absolute atomic E-state index is 5.68. The minimum absolute atomic E-state index is 0. The van der Waals surface area contributed by atoms with E-state index in [1.807, 2.05) is 31.1 Å². The van der Waals surface area contributed by atoms with Gasteiger partial charge in [0.15, 0.2) is 11.1 Å². The summed E-state index contributed by atoms with van der Waals surface area (Å²) < 4.78 is 5.68. The molecule has 0 atom stereocenters. The molecule has 0 bridgehead atoms. The predicted octanol–water partition coefficient (Wildman–Crippen LogP) is 3.52. The number of halogens is 1. The molecule has 1 aromatic carbocycles. The molecule has 1 heterocycles. The summed E-state index contributed by atoms with van der Waals surface area (Å²) in [6, 6.07) is 8.27. The van der Waals surface area contributed by atoms with Gasteiger partial charge in [-0.25, -0.2) is 4.98 Å². The van der Waals surface area contributed by atoms with Gasteiger partial charge in [-0.3, -0.25) is 4.99 Å². The molecule has 2 aromatic rings. The summed E-state index contributed by atoms with van der Waals surface area (Å²) >= 11 is 1.64. The van der Waals surface area contributed by atoms with Crippen molar-refractivity contribution in [2.45, 2.75) is 26.3 Å². The second-order valence-electron chi connectivity index (χ2n) is 6.11. The van der Waals surface area contributed by atoms with E-state index in [1.165, 1.54) is 5.56 Å². The molecule has 0 unspecified atom stereocenters.